The van der Waals surface area contributed by atoms with Gasteiger partial charge < -0.3 is 5.73 Å². The molecule has 1 unspecified atom stereocenters. The van der Waals surface area contributed by atoms with Gasteiger partial charge in [-0.15, -0.1) is 11.6 Å². The summed E-state index contributed by atoms with van der Waals surface area (Å²) in [6.45, 7) is 1.64. The number of hydrogen-bond donors (Lipinski definition) is 1. The zero-order chi connectivity index (χ0) is 10.0. The number of halogens is 2. The van der Waals surface area contributed by atoms with Gasteiger partial charge in [-0.05, 0) is 28.9 Å². The summed E-state index contributed by atoms with van der Waals surface area (Å²) in [6, 6.07) is 5.15. The van der Waals surface area contributed by atoms with Gasteiger partial charge in [0, 0.05) is 11.3 Å². The molecule has 0 saturated carbocycles. The summed E-state index contributed by atoms with van der Waals surface area (Å²) in [5.74, 6) is -0.124. The zero-order valence-corrected chi connectivity index (χ0v) is 9.39. The molecule has 1 aromatic rings. The molecule has 1 rings (SSSR count). The second-order valence-electron chi connectivity index (χ2n) is 2.69. The third-order valence-corrected chi connectivity index (χ3v) is 2.74. The van der Waals surface area contributed by atoms with Crippen LogP contribution in [0.2, 0.25) is 0 Å². The minimum absolute atomic E-state index is 0.124. The van der Waals surface area contributed by atoms with Crippen molar-refractivity contribution in [3.8, 4) is 0 Å². The second-order valence-corrected chi connectivity index (χ2v) is 4.14. The number of hydrogen-bond acceptors (Lipinski definition) is 2. The Hall–Kier alpha value is -0.540. The highest BCUT2D eigenvalue weighted by Crippen LogP contribution is 2.25. The molecule has 0 heterocycles. The van der Waals surface area contributed by atoms with Gasteiger partial charge in [-0.1, -0.05) is 12.1 Å². The van der Waals surface area contributed by atoms with Gasteiger partial charge in [0.2, 0.25) is 0 Å². The van der Waals surface area contributed by atoms with Crippen LogP contribution in [0.4, 0.5) is 5.69 Å². The molecule has 0 aliphatic carbocycles. The Morgan fingerprint density at radius 3 is 2.77 bits per heavy atom. The van der Waals surface area contributed by atoms with Crippen LogP contribution >= 0.6 is 27.5 Å². The van der Waals surface area contributed by atoms with Crippen LogP contribution in [0.1, 0.15) is 17.3 Å². The normalized spacial score (nSPS) is 12.5. The van der Waals surface area contributed by atoms with Crippen molar-refractivity contribution in [2.75, 3.05) is 5.73 Å². The summed E-state index contributed by atoms with van der Waals surface area (Å²) in [6.07, 6.45) is 0. The highest BCUT2D eigenvalue weighted by molar-refractivity contribution is 9.10. The van der Waals surface area contributed by atoms with Gasteiger partial charge >= 0.3 is 0 Å². The van der Waals surface area contributed by atoms with Crippen LogP contribution < -0.4 is 5.73 Å². The first-order valence-corrected chi connectivity index (χ1v) is 4.99. The Morgan fingerprint density at radius 2 is 2.23 bits per heavy atom. The van der Waals surface area contributed by atoms with Crippen LogP contribution in [-0.2, 0) is 0 Å². The lowest BCUT2D eigenvalue weighted by Crippen LogP contribution is -2.11. The van der Waals surface area contributed by atoms with Gasteiger partial charge in [0.25, 0.3) is 0 Å². The van der Waals surface area contributed by atoms with Crippen molar-refractivity contribution in [3.63, 3.8) is 0 Å². The summed E-state index contributed by atoms with van der Waals surface area (Å²) in [7, 11) is 0. The van der Waals surface area contributed by atoms with Gasteiger partial charge in [0.15, 0.2) is 5.78 Å². The molecule has 2 nitrogen and oxygen atoms in total. The maximum atomic E-state index is 11.5. The molecule has 0 aromatic heterocycles. The molecule has 0 amide bonds. The van der Waals surface area contributed by atoms with Crippen LogP contribution in [0.3, 0.4) is 0 Å². The lowest BCUT2D eigenvalue weighted by molar-refractivity contribution is 0.0991. The number of carbonyl (C=O) groups excluding carboxylic acids is 1. The average molecular weight is 263 g/mol. The molecule has 70 valence electrons. The Kier molecular flexibility index (Phi) is 3.33. The molecule has 0 aliphatic heterocycles. The number of Topliss-reactive ketones (excluding diaryl/α,β-unsaturated/α-hetero) is 1. The SMILES string of the molecule is CC(Cl)C(=O)c1cccc(N)c1Br. The van der Waals surface area contributed by atoms with E-state index in [-0.39, 0.29) is 5.78 Å². The molecule has 1 atom stereocenters. The number of anilines is 1. The first kappa shape index (κ1) is 10.5. The monoisotopic (exact) mass is 261 g/mol. The Labute approximate surface area is 90.2 Å². The third-order valence-electron chi connectivity index (χ3n) is 1.66. The van der Waals surface area contributed by atoms with E-state index in [2.05, 4.69) is 15.9 Å². The summed E-state index contributed by atoms with van der Waals surface area (Å²) >= 11 is 8.92. The molecule has 0 aliphatic rings. The van der Waals surface area contributed by atoms with Crippen LogP contribution in [0.15, 0.2) is 22.7 Å². The van der Waals surface area contributed by atoms with Gasteiger partial charge in [0.1, 0.15) is 0 Å². The number of nitrogens with two attached hydrogens (primary N) is 1. The standard InChI is InChI=1S/C9H9BrClNO/c1-5(11)9(13)6-3-2-4-7(12)8(6)10/h2-5H,12H2,1H3. The predicted octanol–water partition coefficient (Wildman–Crippen LogP) is 2.84. The number of ketones is 1. The van der Waals surface area contributed by atoms with E-state index in [1.165, 1.54) is 0 Å². The fraction of sp³-hybridized carbons (Fsp3) is 0.222. The predicted molar refractivity (Wildman–Crippen MR) is 58.2 cm³/mol. The zero-order valence-electron chi connectivity index (χ0n) is 7.05. The van der Waals surface area contributed by atoms with Crippen LogP contribution in [-0.4, -0.2) is 11.2 Å². The molecule has 4 heteroatoms. The first-order chi connectivity index (χ1) is 6.04. The van der Waals surface area contributed by atoms with Crippen molar-refractivity contribution in [1.82, 2.24) is 0 Å². The van der Waals surface area contributed by atoms with E-state index in [0.29, 0.717) is 15.7 Å². The number of nitrogen functional groups attached to an aromatic ring is 1. The molecule has 2 N–H and O–H groups in total. The Bertz CT molecular complexity index is 338. The molecule has 13 heavy (non-hydrogen) atoms. The number of carbonyl (C=O) groups is 1. The Balaban J connectivity index is 3.15. The molecule has 1 aromatic carbocycles. The molecule has 0 spiro atoms. The average Bonchev–Trinajstić information content (AvgIpc) is 2.08. The summed E-state index contributed by atoms with van der Waals surface area (Å²) in [5.41, 5.74) is 6.69. The minimum Gasteiger partial charge on any atom is -0.398 e. The highest BCUT2D eigenvalue weighted by Gasteiger charge is 2.15. The largest absolute Gasteiger partial charge is 0.398 e. The molecular weight excluding hydrogens is 253 g/mol. The lowest BCUT2D eigenvalue weighted by atomic mass is 10.1. The molecule has 0 radical (unpaired) electrons. The van der Waals surface area contributed by atoms with E-state index < -0.39 is 5.38 Å². The second kappa shape index (κ2) is 4.11. The molecule has 0 bridgehead atoms. The highest BCUT2D eigenvalue weighted by atomic mass is 79.9. The number of alkyl halides is 1. The van der Waals surface area contributed by atoms with Gasteiger partial charge in [-0.2, -0.15) is 0 Å². The molecule has 0 saturated heterocycles. The maximum Gasteiger partial charge on any atom is 0.181 e. The van der Waals surface area contributed by atoms with Crippen LogP contribution in [0, 0.1) is 0 Å². The van der Waals surface area contributed by atoms with Crippen molar-refractivity contribution >= 4 is 39.0 Å². The van der Waals surface area contributed by atoms with Gasteiger partial charge in [-0.25, -0.2) is 0 Å². The molecule has 0 fully saturated rings. The van der Waals surface area contributed by atoms with Crippen LogP contribution in [0.25, 0.3) is 0 Å². The van der Waals surface area contributed by atoms with E-state index in [1.54, 1.807) is 25.1 Å². The van der Waals surface area contributed by atoms with E-state index in [1.807, 2.05) is 0 Å². The smallest absolute Gasteiger partial charge is 0.181 e. The van der Waals surface area contributed by atoms with Gasteiger partial charge in [0.05, 0.1) is 9.85 Å². The number of rotatable bonds is 2. The summed E-state index contributed by atoms with van der Waals surface area (Å²) < 4.78 is 0.618. The fourth-order valence-corrected chi connectivity index (χ4v) is 1.53. The summed E-state index contributed by atoms with van der Waals surface area (Å²) in [5, 5.41) is -0.530. The maximum absolute atomic E-state index is 11.5. The minimum atomic E-state index is -0.530. The van der Waals surface area contributed by atoms with E-state index >= 15 is 0 Å². The van der Waals surface area contributed by atoms with E-state index in [0.717, 1.165) is 0 Å². The van der Waals surface area contributed by atoms with Gasteiger partial charge in [-0.3, -0.25) is 4.79 Å². The van der Waals surface area contributed by atoms with Crippen molar-refractivity contribution < 1.29 is 4.79 Å². The number of benzene rings is 1. The Morgan fingerprint density at radius 1 is 1.62 bits per heavy atom. The van der Waals surface area contributed by atoms with Crippen molar-refractivity contribution in [1.29, 1.82) is 0 Å². The van der Waals surface area contributed by atoms with Crippen LogP contribution in [0.5, 0.6) is 0 Å². The van der Waals surface area contributed by atoms with Crippen molar-refractivity contribution in [3.05, 3.63) is 28.2 Å². The third kappa shape index (κ3) is 2.23. The van der Waals surface area contributed by atoms with Crippen molar-refractivity contribution in [2.24, 2.45) is 0 Å². The summed E-state index contributed by atoms with van der Waals surface area (Å²) in [4.78, 5) is 11.5. The topological polar surface area (TPSA) is 43.1 Å². The first-order valence-electron chi connectivity index (χ1n) is 3.76. The fourth-order valence-electron chi connectivity index (χ4n) is 0.954. The van der Waals surface area contributed by atoms with E-state index in [4.69, 9.17) is 17.3 Å². The van der Waals surface area contributed by atoms with E-state index in [9.17, 15) is 4.79 Å². The quantitative estimate of drug-likeness (QED) is 0.506. The van der Waals surface area contributed by atoms with Crippen molar-refractivity contribution in [2.45, 2.75) is 12.3 Å². The lowest BCUT2D eigenvalue weighted by Gasteiger charge is -2.06. The molecular formula is C9H9BrClNO.